The number of amides is 1. The molecule has 4 aromatic rings. The highest BCUT2D eigenvalue weighted by molar-refractivity contribution is 5.83. The van der Waals surface area contributed by atoms with Crippen LogP contribution in [-0.2, 0) is 11.2 Å². The van der Waals surface area contributed by atoms with Crippen molar-refractivity contribution in [1.29, 1.82) is 0 Å². The van der Waals surface area contributed by atoms with Gasteiger partial charge in [-0.15, -0.1) is 0 Å². The third kappa shape index (κ3) is 5.05. The summed E-state index contributed by atoms with van der Waals surface area (Å²) in [5.41, 5.74) is 5.70. The molecule has 1 saturated heterocycles. The van der Waals surface area contributed by atoms with Crippen LogP contribution in [0, 0.1) is 12.8 Å². The highest BCUT2D eigenvalue weighted by Gasteiger charge is 2.27. The molecule has 0 bridgehead atoms. The minimum Gasteiger partial charge on any atom is -0.361 e. The number of aryl methyl sites for hydroxylation is 1. The molecule has 1 atom stereocenters. The van der Waals surface area contributed by atoms with Crippen molar-refractivity contribution in [1.82, 2.24) is 20.2 Å². The summed E-state index contributed by atoms with van der Waals surface area (Å²) in [4.78, 5) is 23.6. The van der Waals surface area contributed by atoms with Crippen molar-refractivity contribution in [2.45, 2.75) is 32.2 Å². The number of piperidine rings is 1. The number of fused-ring (bicyclic) bond motifs is 1. The van der Waals surface area contributed by atoms with Gasteiger partial charge in [-0.25, -0.2) is 0 Å². The number of pyridine rings is 1. The molecule has 2 aromatic heterocycles. The van der Waals surface area contributed by atoms with Crippen molar-refractivity contribution in [2.75, 3.05) is 19.6 Å². The zero-order valence-electron chi connectivity index (χ0n) is 19.7. The molecule has 174 valence electrons. The van der Waals surface area contributed by atoms with Gasteiger partial charge in [-0.3, -0.25) is 9.78 Å². The molecule has 1 aliphatic rings. The Kier molecular flexibility index (Phi) is 6.72. The number of hydrogen-bond acceptors (Lipinski definition) is 3. The van der Waals surface area contributed by atoms with Crippen LogP contribution in [0.1, 0.15) is 41.3 Å². The topological polar surface area (TPSA) is 61.0 Å². The highest BCUT2D eigenvalue weighted by Crippen LogP contribution is 2.25. The number of carbonyl (C=O) groups is 1. The van der Waals surface area contributed by atoms with Gasteiger partial charge in [0.25, 0.3) is 0 Å². The van der Waals surface area contributed by atoms with Gasteiger partial charge in [0.1, 0.15) is 0 Å². The number of aromatic nitrogens is 2. The maximum absolute atomic E-state index is 13.3. The Morgan fingerprint density at radius 2 is 1.82 bits per heavy atom. The summed E-state index contributed by atoms with van der Waals surface area (Å²) >= 11 is 0. The molecular weight excluding hydrogens is 420 g/mol. The van der Waals surface area contributed by atoms with Gasteiger partial charge < -0.3 is 15.2 Å². The Bertz CT molecular complexity index is 1220. The molecule has 5 rings (SSSR count). The summed E-state index contributed by atoms with van der Waals surface area (Å²) in [5.74, 6) is 0.175. The van der Waals surface area contributed by atoms with E-state index in [0.717, 1.165) is 50.2 Å². The molecular formula is C29H32N4O. The molecule has 1 unspecified atom stereocenters. The summed E-state index contributed by atoms with van der Waals surface area (Å²) in [6.45, 7) is 5.01. The summed E-state index contributed by atoms with van der Waals surface area (Å²) in [6.07, 6.45) is 6.73. The normalized spacial score (nSPS) is 15.9. The Morgan fingerprint density at radius 1 is 1.06 bits per heavy atom. The van der Waals surface area contributed by atoms with Crippen molar-refractivity contribution >= 4 is 16.8 Å². The first-order valence-corrected chi connectivity index (χ1v) is 12.2. The minimum atomic E-state index is -0.228. The number of rotatable bonds is 7. The summed E-state index contributed by atoms with van der Waals surface area (Å²) in [5, 5.41) is 4.62. The molecule has 2 aromatic carbocycles. The van der Waals surface area contributed by atoms with E-state index in [1.165, 1.54) is 22.0 Å². The molecule has 3 heterocycles. The van der Waals surface area contributed by atoms with Gasteiger partial charge in [0.05, 0.1) is 11.7 Å². The van der Waals surface area contributed by atoms with E-state index in [1.807, 2.05) is 18.2 Å². The van der Waals surface area contributed by atoms with Gasteiger partial charge >= 0.3 is 0 Å². The number of carbonyl (C=O) groups excluding carboxylic acids is 1. The van der Waals surface area contributed by atoms with Crippen LogP contribution < -0.4 is 5.32 Å². The van der Waals surface area contributed by atoms with Gasteiger partial charge in [-0.1, -0.05) is 54.1 Å². The lowest BCUT2D eigenvalue weighted by molar-refractivity contribution is -0.127. The first-order chi connectivity index (χ1) is 16.7. The highest BCUT2D eigenvalue weighted by atomic mass is 16.2. The van der Waals surface area contributed by atoms with Gasteiger partial charge in [0.15, 0.2) is 0 Å². The van der Waals surface area contributed by atoms with Crippen LogP contribution >= 0.6 is 0 Å². The number of likely N-dealkylation sites (tertiary alicyclic amines) is 1. The molecule has 2 N–H and O–H groups in total. The van der Waals surface area contributed by atoms with Gasteiger partial charge in [-0.05, 0) is 68.6 Å². The minimum absolute atomic E-state index is 0.0426. The van der Waals surface area contributed by atoms with E-state index < -0.39 is 0 Å². The number of nitrogens with one attached hydrogen (secondary N) is 2. The van der Waals surface area contributed by atoms with E-state index in [1.54, 1.807) is 6.20 Å². The van der Waals surface area contributed by atoms with E-state index in [-0.39, 0.29) is 17.9 Å². The molecule has 1 amide bonds. The number of benzene rings is 2. The second-order valence-electron chi connectivity index (χ2n) is 9.33. The lowest BCUT2D eigenvalue weighted by atomic mass is 9.94. The van der Waals surface area contributed by atoms with Crippen LogP contribution in [0.25, 0.3) is 10.9 Å². The second-order valence-corrected chi connectivity index (χ2v) is 9.33. The maximum atomic E-state index is 13.3. The maximum Gasteiger partial charge on any atom is 0.224 e. The number of aromatic amines is 1. The Hall–Kier alpha value is -3.44. The van der Waals surface area contributed by atoms with Crippen molar-refractivity contribution in [3.05, 3.63) is 102 Å². The number of hydrogen-bond donors (Lipinski definition) is 2. The standard InChI is InChI=1S/C29H32N4O/c1-21-9-11-22(12-10-21)28(27-8-4-5-16-30-27)32-29(34)23-13-17-33(18-14-23)19-15-24-20-31-26-7-3-2-6-25(24)26/h2-12,16,20,23,28,31H,13-15,17-19H2,1H3,(H,32,34). The Morgan fingerprint density at radius 3 is 2.59 bits per heavy atom. The molecule has 5 nitrogen and oxygen atoms in total. The van der Waals surface area contributed by atoms with Crippen molar-refractivity contribution < 1.29 is 4.79 Å². The summed E-state index contributed by atoms with van der Waals surface area (Å²) < 4.78 is 0. The first-order valence-electron chi connectivity index (χ1n) is 12.2. The second kappa shape index (κ2) is 10.2. The first kappa shape index (κ1) is 22.4. The quantitative estimate of drug-likeness (QED) is 0.413. The molecule has 5 heteroatoms. The average molecular weight is 453 g/mol. The lowest BCUT2D eigenvalue weighted by Crippen LogP contribution is -2.42. The van der Waals surface area contributed by atoms with Crippen LogP contribution in [0.2, 0.25) is 0 Å². The smallest absolute Gasteiger partial charge is 0.224 e. The molecule has 34 heavy (non-hydrogen) atoms. The number of H-pyrrole nitrogens is 1. The fourth-order valence-electron chi connectivity index (χ4n) is 4.93. The van der Waals surface area contributed by atoms with Crippen molar-refractivity contribution in [2.24, 2.45) is 5.92 Å². The van der Waals surface area contributed by atoms with Gasteiger partial charge in [-0.2, -0.15) is 0 Å². The van der Waals surface area contributed by atoms with E-state index in [2.05, 4.69) is 81.8 Å². The van der Waals surface area contributed by atoms with E-state index in [4.69, 9.17) is 0 Å². The van der Waals surface area contributed by atoms with Gasteiger partial charge in [0, 0.05) is 35.8 Å². The van der Waals surface area contributed by atoms with Crippen molar-refractivity contribution in [3.63, 3.8) is 0 Å². The number of para-hydroxylation sites is 1. The van der Waals surface area contributed by atoms with Crippen LogP contribution in [0.3, 0.4) is 0 Å². The summed E-state index contributed by atoms with van der Waals surface area (Å²) in [7, 11) is 0. The fourth-order valence-corrected chi connectivity index (χ4v) is 4.93. The lowest BCUT2D eigenvalue weighted by Gasteiger charge is -2.32. The molecule has 0 spiro atoms. The largest absolute Gasteiger partial charge is 0.361 e. The van der Waals surface area contributed by atoms with E-state index in [9.17, 15) is 4.79 Å². The average Bonchev–Trinajstić information content (AvgIpc) is 3.30. The summed E-state index contributed by atoms with van der Waals surface area (Å²) in [6, 6.07) is 22.5. The molecule has 1 fully saturated rings. The van der Waals surface area contributed by atoms with Gasteiger partial charge in [0.2, 0.25) is 5.91 Å². The van der Waals surface area contributed by atoms with Crippen molar-refractivity contribution in [3.8, 4) is 0 Å². The van der Waals surface area contributed by atoms with Crippen LogP contribution in [0.5, 0.6) is 0 Å². The third-order valence-corrected chi connectivity index (χ3v) is 7.01. The third-order valence-electron chi connectivity index (χ3n) is 7.01. The van der Waals surface area contributed by atoms with Crippen LogP contribution in [0.4, 0.5) is 0 Å². The van der Waals surface area contributed by atoms with E-state index in [0.29, 0.717) is 0 Å². The zero-order chi connectivity index (χ0) is 23.3. The Balaban J connectivity index is 1.18. The predicted molar refractivity (Wildman–Crippen MR) is 137 cm³/mol. The molecule has 0 aliphatic carbocycles. The number of nitrogens with zero attached hydrogens (tertiary/aromatic N) is 2. The zero-order valence-corrected chi connectivity index (χ0v) is 19.7. The fraction of sp³-hybridized carbons (Fsp3) is 0.310. The van der Waals surface area contributed by atoms with Crippen LogP contribution in [0.15, 0.2) is 79.1 Å². The molecule has 1 aliphatic heterocycles. The SMILES string of the molecule is Cc1ccc(C(NC(=O)C2CCN(CCc3c[nH]c4ccccc34)CC2)c2ccccn2)cc1. The monoisotopic (exact) mass is 452 g/mol. The molecule has 0 saturated carbocycles. The molecule has 0 radical (unpaired) electrons. The van der Waals surface area contributed by atoms with Crippen LogP contribution in [-0.4, -0.2) is 40.4 Å². The van der Waals surface area contributed by atoms with E-state index >= 15 is 0 Å². The predicted octanol–water partition coefficient (Wildman–Crippen LogP) is 5.03. The Labute approximate surface area is 201 Å².